The fourth-order valence-corrected chi connectivity index (χ4v) is 6.65. The molecular weight excluding hydrogens is 544 g/mol. The van der Waals surface area contributed by atoms with Gasteiger partial charge in [0.05, 0.1) is 6.04 Å². The maximum atomic E-state index is 13.9. The van der Waals surface area contributed by atoms with Crippen LogP contribution in [0, 0.1) is 0 Å². The van der Waals surface area contributed by atoms with Gasteiger partial charge in [0.1, 0.15) is 0 Å². The lowest BCUT2D eigenvalue weighted by atomic mass is 9.95. The van der Waals surface area contributed by atoms with Crippen LogP contribution in [0.3, 0.4) is 0 Å². The minimum atomic E-state index is -0.238. The van der Waals surface area contributed by atoms with E-state index in [0.29, 0.717) is 29.6 Å². The Balaban J connectivity index is 1.24. The standard InChI is InChI=1S/C35H45ClN4O2/c1-2-26(27-10-5-3-6-11-27)25-40-21-17-32(38-33(35(40)42)12-9-20-39-18-7-4-8-19-39)24-37-34(41)30-14-13-29-23-31(36)16-15-28(29)22-30/h3,5-6,10-11,13-16,22-23,26,32-33,38H,2,4,7-9,12,17-21,24-25H2,1H3,(H,37,41)/t26-,32+,33+/m1/s1. The van der Waals surface area contributed by atoms with Crippen LogP contribution < -0.4 is 10.6 Å². The molecule has 0 aliphatic carbocycles. The van der Waals surface area contributed by atoms with Gasteiger partial charge in [0, 0.05) is 42.2 Å². The number of rotatable bonds is 11. The Labute approximate surface area is 255 Å². The molecule has 3 atom stereocenters. The zero-order chi connectivity index (χ0) is 29.3. The van der Waals surface area contributed by atoms with Crippen LogP contribution in [0.5, 0.6) is 0 Å². The highest BCUT2D eigenvalue weighted by Crippen LogP contribution is 2.24. The fourth-order valence-electron chi connectivity index (χ4n) is 6.47. The minimum absolute atomic E-state index is 0.0268. The summed E-state index contributed by atoms with van der Waals surface area (Å²) in [6, 6.07) is 21.7. The molecule has 42 heavy (non-hydrogen) atoms. The summed E-state index contributed by atoms with van der Waals surface area (Å²) in [5, 5.41) is 9.49. The molecule has 0 saturated carbocycles. The molecule has 2 heterocycles. The number of fused-ring (bicyclic) bond motifs is 1. The van der Waals surface area contributed by atoms with Crippen molar-refractivity contribution >= 4 is 34.2 Å². The van der Waals surface area contributed by atoms with Crippen LogP contribution in [0.1, 0.15) is 73.7 Å². The van der Waals surface area contributed by atoms with E-state index >= 15 is 0 Å². The summed E-state index contributed by atoms with van der Waals surface area (Å²) in [4.78, 5) is 31.7. The van der Waals surface area contributed by atoms with Crippen LogP contribution in [-0.2, 0) is 4.79 Å². The molecule has 2 aliphatic heterocycles. The summed E-state index contributed by atoms with van der Waals surface area (Å²) in [7, 11) is 0. The van der Waals surface area contributed by atoms with E-state index in [-0.39, 0.29) is 23.9 Å². The van der Waals surface area contributed by atoms with Gasteiger partial charge in [-0.2, -0.15) is 0 Å². The molecule has 0 bridgehead atoms. The van der Waals surface area contributed by atoms with Crippen molar-refractivity contribution in [1.29, 1.82) is 0 Å². The zero-order valence-corrected chi connectivity index (χ0v) is 25.6. The van der Waals surface area contributed by atoms with Crippen molar-refractivity contribution < 1.29 is 9.59 Å². The molecule has 0 unspecified atom stereocenters. The largest absolute Gasteiger partial charge is 0.350 e. The molecule has 0 spiro atoms. The monoisotopic (exact) mass is 588 g/mol. The van der Waals surface area contributed by atoms with Crippen LogP contribution in [0.15, 0.2) is 66.7 Å². The Bertz CT molecular complexity index is 1330. The van der Waals surface area contributed by atoms with E-state index in [1.165, 1.54) is 37.9 Å². The normalized spacial score (nSPS) is 20.8. The second-order valence-electron chi connectivity index (χ2n) is 12.0. The predicted molar refractivity (Wildman–Crippen MR) is 172 cm³/mol. The van der Waals surface area contributed by atoms with E-state index in [4.69, 9.17) is 11.6 Å². The Hall–Kier alpha value is -2.93. The van der Waals surface area contributed by atoms with Gasteiger partial charge >= 0.3 is 0 Å². The third-order valence-electron chi connectivity index (χ3n) is 8.99. The third-order valence-corrected chi connectivity index (χ3v) is 9.22. The van der Waals surface area contributed by atoms with E-state index in [9.17, 15) is 9.59 Å². The molecular formula is C35H45ClN4O2. The Morgan fingerprint density at radius 1 is 1.00 bits per heavy atom. The smallest absolute Gasteiger partial charge is 0.251 e. The van der Waals surface area contributed by atoms with Crippen molar-refractivity contribution in [3.05, 3.63) is 82.9 Å². The number of carbonyl (C=O) groups is 2. The van der Waals surface area contributed by atoms with Crippen molar-refractivity contribution in [3.8, 4) is 0 Å². The number of benzene rings is 3. The summed E-state index contributed by atoms with van der Waals surface area (Å²) in [6.07, 6.45) is 7.47. The van der Waals surface area contributed by atoms with E-state index in [2.05, 4.69) is 51.6 Å². The molecule has 5 rings (SSSR count). The number of hydrogen-bond donors (Lipinski definition) is 2. The van der Waals surface area contributed by atoms with Crippen molar-refractivity contribution in [2.75, 3.05) is 39.3 Å². The maximum Gasteiger partial charge on any atom is 0.251 e. The van der Waals surface area contributed by atoms with Gasteiger partial charge in [-0.15, -0.1) is 0 Å². The lowest BCUT2D eigenvalue weighted by molar-refractivity contribution is -0.133. The Kier molecular flexibility index (Phi) is 10.9. The first-order chi connectivity index (χ1) is 20.5. The molecule has 6 nitrogen and oxygen atoms in total. The van der Waals surface area contributed by atoms with Gasteiger partial charge in [-0.1, -0.05) is 67.4 Å². The van der Waals surface area contributed by atoms with E-state index in [1.807, 2.05) is 42.5 Å². The number of carbonyl (C=O) groups excluding carboxylic acids is 2. The number of likely N-dealkylation sites (tertiary alicyclic amines) is 1. The van der Waals surface area contributed by atoms with Crippen LogP contribution in [0.4, 0.5) is 0 Å². The maximum absolute atomic E-state index is 13.9. The second-order valence-corrected chi connectivity index (χ2v) is 12.4. The molecule has 3 aromatic rings. The molecule has 2 aliphatic rings. The van der Waals surface area contributed by atoms with Gasteiger partial charge in [-0.25, -0.2) is 0 Å². The van der Waals surface area contributed by atoms with Gasteiger partial charge in [0.15, 0.2) is 0 Å². The highest BCUT2D eigenvalue weighted by Gasteiger charge is 2.32. The van der Waals surface area contributed by atoms with Crippen molar-refractivity contribution in [2.45, 2.75) is 69.9 Å². The lowest BCUT2D eigenvalue weighted by Gasteiger charge is -2.30. The summed E-state index contributed by atoms with van der Waals surface area (Å²) >= 11 is 6.12. The van der Waals surface area contributed by atoms with E-state index in [0.717, 1.165) is 49.5 Å². The lowest BCUT2D eigenvalue weighted by Crippen LogP contribution is -2.49. The number of nitrogens with zero attached hydrogens (tertiary/aromatic N) is 2. The SMILES string of the molecule is CC[C@H](CN1CC[C@@H](CNC(=O)c2ccc3cc(Cl)ccc3c2)N[C@@H](CCCN2CCCCC2)C1=O)c1ccccc1. The van der Waals surface area contributed by atoms with Crippen molar-refractivity contribution in [2.24, 2.45) is 0 Å². The van der Waals surface area contributed by atoms with Crippen LogP contribution in [-0.4, -0.2) is 73.0 Å². The number of hydrogen-bond acceptors (Lipinski definition) is 4. The molecule has 7 heteroatoms. The first kappa shape index (κ1) is 30.5. The Morgan fingerprint density at radius 2 is 1.76 bits per heavy atom. The third kappa shape index (κ3) is 8.12. The highest BCUT2D eigenvalue weighted by atomic mass is 35.5. The summed E-state index contributed by atoms with van der Waals surface area (Å²) in [6.45, 7) is 7.49. The first-order valence-corrected chi connectivity index (χ1v) is 16.2. The summed E-state index contributed by atoms with van der Waals surface area (Å²) in [5.41, 5.74) is 1.91. The topological polar surface area (TPSA) is 64.7 Å². The zero-order valence-electron chi connectivity index (χ0n) is 24.9. The van der Waals surface area contributed by atoms with E-state index in [1.54, 1.807) is 0 Å². The molecule has 2 fully saturated rings. The Morgan fingerprint density at radius 3 is 2.55 bits per heavy atom. The summed E-state index contributed by atoms with van der Waals surface area (Å²) in [5.74, 6) is 0.408. The van der Waals surface area contributed by atoms with Gasteiger partial charge in [0.2, 0.25) is 5.91 Å². The number of nitrogens with one attached hydrogen (secondary N) is 2. The van der Waals surface area contributed by atoms with Gasteiger partial charge in [0.25, 0.3) is 5.91 Å². The first-order valence-electron chi connectivity index (χ1n) is 15.8. The highest BCUT2D eigenvalue weighted by molar-refractivity contribution is 6.31. The number of piperidine rings is 1. The van der Waals surface area contributed by atoms with Gasteiger partial charge in [-0.3, -0.25) is 9.59 Å². The molecule has 2 saturated heterocycles. The van der Waals surface area contributed by atoms with Gasteiger partial charge < -0.3 is 20.4 Å². The predicted octanol–water partition coefficient (Wildman–Crippen LogP) is 6.24. The van der Waals surface area contributed by atoms with Gasteiger partial charge in [-0.05, 0) is 98.8 Å². The van der Waals surface area contributed by atoms with Crippen molar-refractivity contribution in [3.63, 3.8) is 0 Å². The molecule has 0 aromatic heterocycles. The van der Waals surface area contributed by atoms with Crippen LogP contribution in [0.2, 0.25) is 5.02 Å². The molecule has 3 aromatic carbocycles. The molecule has 2 N–H and O–H groups in total. The second kappa shape index (κ2) is 15.0. The van der Waals surface area contributed by atoms with E-state index < -0.39 is 0 Å². The molecule has 0 radical (unpaired) electrons. The number of amides is 2. The van der Waals surface area contributed by atoms with Crippen molar-refractivity contribution in [1.82, 2.24) is 20.4 Å². The quantitative estimate of drug-likeness (QED) is 0.278. The average molecular weight is 589 g/mol. The van der Waals surface area contributed by atoms with Crippen LogP contribution >= 0.6 is 11.6 Å². The molecule has 2 amide bonds. The number of halogens is 1. The fraction of sp³-hybridized carbons (Fsp3) is 0.486. The minimum Gasteiger partial charge on any atom is -0.350 e. The van der Waals surface area contributed by atoms with Crippen LogP contribution in [0.25, 0.3) is 10.8 Å². The average Bonchev–Trinajstić information content (AvgIpc) is 3.17. The summed E-state index contributed by atoms with van der Waals surface area (Å²) < 4.78 is 0. The molecule has 224 valence electrons.